The maximum atomic E-state index is 13.1. The molecule has 12 heavy (non-hydrogen) atoms. The first-order valence-electron chi connectivity index (χ1n) is 4.22. The number of halogens is 1. The van der Waals surface area contributed by atoms with Gasteiger partial charge in [0.1, 0.15) is 0 Å². The van der Waals surface area contributed by atoms with Gasteiger partial charge in [-0.25, -0.2) is 4.98 Å². The first kappa shape index (κ1) is 7.68. The number of hydrogen-bond acceptors (Lipinski definition) is 2. The van der Waals surface area contributed by atoms with Crippen molar-refractivity contribution in [3.63, 3.8) is 0 Å². The SMILES string of the molecule is Fc1ncccc1C1CCCN1. The number of nitrogens with one attached hydrogen (secondary N) is 1. The minimum Gasteiger partial charge on any atom is -0.310 e. The highest BCUT2D eigenvalue weighted by molar-refractivity contribution is 5.16. The van der Waals surface area contributed by atoms with Crippen LogP contribution in [0, 0.1) is 5.95 Å². The van der Waals surface area contributed by atoms with Crippen LogP contribution in [0.15, 0.2) is 18.3 Å². The lowest BCUT2D eigenvalue weighted by molar-refractivity contribution is 0.528. The van der Waals surface area contributed by atoms with E-state index in [0.29, 0.717) is 5.56 Å². The summed E-state index contributed by atoms with van der Waals surface area (Å²) < 4.78 is 13.1. The molecule has 1 aromatic rings. The average molecular weight is 166 g/mol. The van der Waals surface area contributed by atoms with Crippen molar-refractivity contribution < 1.29 is 4.39 Å². The quantitative estimate of drug-likeness (QED) is 0.641. The Morgan fingerprint density at radius 1 is 1.58 bits per heavy atom. The van der Waals surface area contributed by atoms with Crippen LogP contribution in [0.25, 0.3) is 0 Å². The Kier molecular flexibility index (Phi) is 2.04. The van der Waals surface area contributed by atoms with Crippen LogP contribution >= 0.6 is 0 Å². The molecule has 1 N–H and O–H groups in total. The molecule has 0 radical (unpaired) electrons. The van der Waals surface area contributed by atoms with Crippen molar-refractivity contribution in [3.8, 4) is 0 Å². The van der Waals surface area contributed by atoms with Crippen molar-refractivity contribution in [1.29, 1.82) is 0 Å². The standard InChI is InChI=1S/C9H11FN2/c10-9-7(3-1-6-12-9)8-4-2-5-11-8/h1,3,6,8,11H,2,4-5H2. The van der Waals surface area contributed by atoms with E-state index < -0.39 is 0 Å². The van der Waals surface area contributed by atoms with Gasteiger partial charge in [-0.3, -0.25) is 0 Å². The zero-order valence-electron chi connectivity index (χ0n) is 6.76. The predicted molar refractivity (Wildman–Crippen MR) is 44.2 cm³/mol. The summed E-state index contributed by atoms with van der Waals surface area (Å²) >= 11 is 0. The van der Waals surface area contributed by atoms with Gasteiger partial charge in [0.25, 0.3) is 0 Å². The van der Waals surface area contributed by atoms with E-state index in [-0.39, 0.29) is 12.0 Å². The molecule has 2 rings (SSSR count). The van der Waals surface area contributed by atoms with Crippen molar-refractivity contribution in [2.45, 2.75) is 18.9 Å². The molecule has 1 atom stereocenters. The zero-order valence-corrected chi connectivity index (χ0v) is 6.76. The van der Waals surface area contributed by atoms with Crippen LogP contribution in [0.2, 0.25) is 0 Å². The molecule has 0 spiro atoms. The smallest absolute Gasteiger partial charge is 0.217 e. The lowest BCUT2D eigenvalue weighted by Crippen LogP contribution is -2.14. The maximum Gasteiger partial charge on any atom is 0.217 e. The summed E-state index contributed by atoms with van der Waals surface area (Å²) in [5.41, 5.74) is 0.704. The van der Waals surface area contributed by atoms with E-state index in [2.05, 4.69) is 10.3 Å². The first-order valence-corrected chi connectivity index (χ1v) is 4.22. The number of aromatic nitrogens is 1. The van der Waals surface area contributed by atoms with E-state index in [9.17, 15) is 4.39 Å². The molecule has 0 aliphatic carbocycles. The van der Waals surface area contributed by atoms with Gasteiger partial charge in [-0.05, 0) is 25.5 Å². The third kappa shape index (κ3) is 1.32. The molecule has 3 heteroatoms. The molecule has 1 saturated heterocycles. The molecule has 0 amide bonds. The van der Waals surface area contributed by atoms with Gasteiger partial charge in [0.15, 0.2) is 0 Å². The number of hydrogen-bond donors (Lipinski definition) is 1. The summed E-state index contributed by atoms with van der Waals surface area (Å²) in [6.45, 7) is 0.985. The van der Waals surface area contributed by atoms with Gasteiger partial charge in [-0.2, -0.15) is 4.39 Å². The van der Waals surface area contributed by atoms with Crippen LogP contribution in [-0.4, -0.2) is 11.5 Å². The summed E-state index contributed by atoms with van der Waals surface area (Å²) in [7, 11) is 0. The van der Waals surface area contributed by atoms with E-state index in [0.717, 1.165) is 19.4 Å². The van der Waals surface area contributed by atoms with Gasteiger partial charge in [0.05, 0.1) is 0 Å². The summed E-state index contributed by atoms with van der Waals surface area (Å²) in [5.74, 6) is -0.336. The Morgan fingerprint density at radius 3 is 3.17 bits per heavy atom. The second kappa shape index (κ2) is 3.19. The lowest BCUT2D eigenvalue weighted by Gasteiger charge is -2.09. The lowest BCUT2D eigenvalue weighted by atomic mass is 10.1. The Morgan fingerprint density at radius 2 is 2.50 bits per heavy atom. The minimum absolute atomic E-state index is 0.179. The van der Waals surface area contributed by atoms with Gasteiger partial charge in [0, 0.05) is 17.8 Å². The largest absolute Gasteiger partial charge is 0.310 e. The Bertz CT molecular complexity index is 269. The third-order valence-corrected chi connectivity index (χ3v) is 2.22. The highest BCUT2D eigenvalue weighted by Gasteiger charge is 2.19. The topological polar surface area (TPSA) is 24.9 Å². The van der Waals surface area contributed by atoms with Crippen LogP contribution in [0.4, 0.5) is 4.39 Å². The molecule has 0 saturated carbocycles. The fraction of sp³-hybridized carbons (Fsp3) is 0.444. The molecular formula is C9H11FN2. The molecule has 1 fully saturated rings. The summed E-state index contributed by atoms with van der Waals surface area (Å²) in [6.07, 6.45) is 3.62. The van der Waals surface area contributed by atoms with Crippen LogP contribution in [-0.2, 0) is 0 Å². The van der Waals surface area contributed by atoms with E-state index in [1.54, 1.807) is 12.1 Å². The van der Waals surface area contributed by atoms with Gasteiger partial charge >= 0.3 is 0 Å². The van der Waals surface area contributed by atoms with Crippen molar-refractivity contribution >= 4 is 0 Å². The molecule has 1 aliphatic heterocycles. The van der Waals surface area contributed by atoms with Crippen molar-refractivity contribution in [2.24, 2.45) is 0 Å². The highest BCUT2D eigenvalue weighted by Crippen LogP contribution is 2.23. The van der Waals surface area contributed by atoms with E-state index in [1.165, 1.54) is 6.20 Å². The average Bonchev–Trinajstić information content (AvgIpc) is 2.57. The fourth-order valence-corrected chi connectivity index (χ4v) is 1.61. The van der Waals surface area contributed by atoms with E-state index in [4.69, 9.17) is 0 Å². The first-order chi connectivity index (χ1) is 5.88. The van der Waals surface area contributed by atoms with Crippen LogP contribution in [0.5, 0.6) is 0 Å². The summed E-state index contributed by atoms with van der Waals surface area (Å²) in [4.78, 5) is 3.62. The molecule has 0 aromatic carbocycles. The van der Waals surface area contributed by atoms with Crippen molar-refractivity contribution in [3.05, 3.63) is 29.8 Å². The molecule has 64 valence electrons. The van der Waals surface area contributed by atoms with Gasteiger partial charge in [-0.1, -0.05) is 6.07 Å². The Hall–Kier alpha value is -0.960. The van der Waals surface area contributed by atoms with Crippen LogP contribution in [0.3, 0.4) is 0 Å². The van der Waals surface area contributed by atoms with Crippen molar-refractivity contribution in [2.75, 3.05) is 6.54 Å². The third-order valence-electron chi connectivity index (χ3n) is 2.22. The maximum absolute atomic E-state index is 13.1. The number of pyridine rings is 1. The molecular weight excluding hydrogens is 155 g/mol. The molecule has 1 aromatic heterocycles. The van der Waals surface area contributed by atoms with E-state index in [1.807, 2.05) is 0 Å². The Balaban J connectivity index is 2.26. The van der Waals surface area contributed by atoms with E-state index >= 15 is 0 Å². The second-order valence-corrected chi connectivity index (χ2v) is 3.03. The molecule has 1 unspecified atom stereocenters. The van der Waals surface area contributed by atoms with Crippen molar-refractivity contribution in [1.82, 2.24) is 10.3 Å². The Labute approximate surface area is 70.8 Å². The van der Waals surface area contributed by atoms with Gasteiger partial charge in [0.2, 0.25) is 5.95 Å². The monoisotopic (exact) mass is 166 g/mol. The fourth-order valence-electron chi connectivity index (χ4n) is 1.61. The normalized spacial score (nSPS) is 22.9. The molecule has 2 nitrogen and oxygen atoms in total. The summed E-state index contributed by atoms with van der Waals surface area (Å²) in [6, 6.07) is 3.75. The minimum atomic E-state index is -0.336. The zero-order chi connectivity index (χ0) is 8.39. The van der Waals surface area contributed by atoms with Crippen LogP contribution in [0.1, 0.15) is 24.4 Å². The summed E-state index contributed by atoms with van der Waals surface area (Å²) in [5, 5.41) is 3.23. The molecule has 2 heterocycles. The van der Waals surface area contributed by atoms with Gasteiger partial charge in [-0.15, -0.1) is 0 Å². The van der Waals surface area contributed by atoms with Crippen LogP contribution < -0.4 is 5.32 Å². The molecule has 0 bridgehead atoms. The second-order valence-electron chi connectivity index (χ2n) is 3.03. The molecule has 1 aliphatic rings. The number of nitrogens with zero attached hydrogens (tertiary/aromatic N) is 1. The van der Waals surface area contributed by atoms with Gasteiger partial charge < -0.3 is 5.32 Å². The number of rotatable bonds is 1. The predicted octanol–water partition coefficient (Wildman–Crippen LogP) is 1.65. The highest BCUT2D eigenvalue weighted by atomic mass is 19.1.